The Morgan fingerprint density at radius 1 is 1.03 bits per heavy atom. The van der Waals surface area contributed by atoms with E-state index in [4.69, 9.17) is 9.47 Å². The summed E-state index contributed by atoms with van der Waals surface area (Å²) in [5.74, 6) is -0.269. The van der Waals surface area contributed by atoms with Gasteiger partial charge in [-0.25, -0.2) is 10.2 Å². The summed E-state index contributed by atoms with van der Waals surface area (Å²) in [4.78, 5) is 34.2. The average molecular weight is 433 g/mol. The number of ether oxygens (including phenoxy) is 2. The third-order valence-corrected chi connectivity index (χ3v) is 4.15. The number of nitro groups is 1. The number of carbonyl (C=O) groups excluding carboxylic acids is 2. The molecule has 3 aromatic carbocycles. The van der Waals surface area contributed by atoms with Crippen LogP contribution in [0.4, 0.5) is 5.69 Å². The van der Waals surface area contributed by atoms with Gasteiger partial charge in [-0.1, -0.05) is 18.2 Å². The second-order valence-electron chi connectivity index (χ2n) is 6.66. The predicted octanol–water partition coefficient (Wildman–Crippen LogP) is 3.65. The van der Waals surface area contributed by atoms with Gasteiger partial charge in [-0.05, 0) is 60.5 Å². The number of non-ortho nitro benzene ring substituents is 1. The number of aryl methyl sites for hydroxylation is 1. The lowest BCUT2D eigenvalue weighted by molar-refractivity contribution is -0.384. The van der Waals surface area contributed by atoms with Crippen LogP contribution in [-0.4, -0.2) is 29.6 Å². The van der Waals surface area contributed by atoms with Gasteiger partial charge in [0.2, 0.25) is 0 Å². The number of esters is 1. The number of nitrogens with one attached hydrogen (secondary N) is 1. The number of carbonyl (C=O) groups is 2. The normalized spacial score (nSPS) is 10.5. The fourth-order valence-corrected chi connectivity index (χ4v) is 2.60. The number of benzene rings is 3. The van der Waals surface area contributed by atoms with Crippen LogP contribution in [-0.2, 0) is 4.79 Å². The highest BCUT2D eigenvalue weighted by Crippen LogP contribution is 2.17. The van der Waals surface area contributed by atoms with Gasteiger partial charge in [0.15, 0.2) is 6.61 Å². The van der Waals surface area contributed by atoms with Crippen molar-refractivity contribution in [2.24, 2.45) is 5.10 Å². The summed E-state index contributed by atoms with van der Waals surface area (Å²) in [5.41, 5.74) is 3.92. The van der Waals surface area contributed by atoms with E-state index in [0.717, 1.165) is 11.6 Å². The fourth-order valence-electron chi connectivity index (χ4n) is 2.60. The number of amides is 1. The Hall–Kier alpha value is -4.53. The molecule has 9 nitrogen and oxygen atoms in total. The molecule has 0 bridgehead atoms. The highest BCUT2D eigenvalue weighted by Gasteiger charge is 2.13. The topological polar surface area (TPSA) is 120 Å². The first-order chi connectivity index (χ1) is 15.4. The molecule has 0 aliphatic rings. The van der Waals surface area contributed by atoms with Crippen LogP contribution in [0.3, 0.4) is 0 Å². The molecule has 0 atom stereocenters. The zero-order valence-electron chi connectivity index (χ0n) is 17.1. The monoisotopic (exact) mass is 433 g/mol. The lowest BCUT2D eigenvalue weighted by atomic mass is 10.2. The van der Waals surface area contributed by atoms with Crippen LogP contribution >= 0.6 is 0 Å². The van der Waals surface area contributed by atoms with E-state index in [9.17, 15) is 19.7 Å². The van der Waals surface area contributed by atoms with E-state index < -0.39 is 16.8 Å². The summed E-state index contributed by atoms with van der Waals surface area (Å²) in [6.07, 6.45) is 1.43. The molecule has 0 saturated carbocycles. The summed E-state index contributed by atoms with van der Waals surface area (Å²) in [5, 5.41) is 14.7. The highest BCUT2D eigenvalue weighted by atomic mass is 16.6. The molecule has 3 rings (SSSR count). The van der Waals surface area contributed by atoms with Crippen molar-refractivity contribution in [3.05, 3.63) is 99.6 Å². The minimum atomic E-state index is -0.712. The van der Waals surface area contributed by atoms with Crippen LogP contribution < -0.4 is 14.9 Å². The minimum absolute atomic E-state index is 0.0698. The third-order valence-electron chi connectivity index (χ3n) is 4.15. The molecule has 3 aromatic rings. The second-order valence-corrected chi connectivity index (χ2v) is 6.66. The maximum Gasteiger partial charge on any atom is 0.343 e. The van der Waals surface area contributed by atoms with Gasteiger partial charge in [-0.15, -0.1) is 0 Å². The summed E-state index contributed by atoms with van der Waals surface area (Å²) in [6.45, 7) is 1.75. The van der Waals surface area contributed by atoms with E-state index in [1.54, 1.807) is 30.3 Å². The Labute approximate surface area is 183 Å². The van der Waals surface area contributed by atoms with E-state index in [1.165, 1.54) is 24.4 Å². The molecule has 0 heterocycles. The Kier molecular flexibility index (Phi) is 7.26. The predicted molar refractivity (Wildman–Crippen MR) is 117 cm³/mol. The molecule has 0 radical (unpaired) electrons. The van der Waals surface area contributed by atoms with E-state index in [-0.39, 0.29) is 23.6 Å². The number of nitro benzene ring substituents is 1. The summed E-state index contributed by atoms with van der Waals surface area (Å²) < 4.78 is 10.6. The molecule has 1 amide bonds. The van der Waals surface area contributed by atoms with Gasteiger partial charge in [0.1, 0.15) is 11.5 Å². The number of rotatable bonds is 8. The van der Waals surface area contributed by atoms with Crippen LogP contribution in [0.15, 0.2) is 77.9 Å². The molecule has 0 aromatic heterocycles. The second kappa shape index (κ2) is 10.5. The first-order valence-corrected chi connectivity index (χ1v) is 9.49. The fraction of sp³-hybridized carbons (Fsp3) is 0.0870. The molecule has 0 unspecified atom stereocenters. The van der Waals surface area contributed by atoms with Crippen molar-refractivity contribution >= 4 is 23.8 Å². The summed E-state index contributed by atoms with van der Waals surface area (Å²) >= 11 is 0. The minimum Gasteiger partial charge on any atom is -0.484 e. The van der Waals surface area contributed by atoms with Crippen LogP contribution in [0.1, 0.15) is 21.5 Å². The standard InChI is InChI=1S/C23H19N3O6/c1-16-4-2-7-21(12-16)31-15-22(27)25-24-14-17-8-10-20(11-9-17)32-23(28)18-5-3-6-19(13-18)26(29)30/h2-14H,15H2,1H3,(H,25,27)/b24-14+. The smallest absolute Gasteiger partial charge is 0.343 e. The molecule has 0 fully saturated rings. The number of nitrogens with zero attached hydrogens (tertiary/aromatic N) is 2. The van der Waals surface area contributed by atoms with Gasteiger partial charge >= 0.3 is 5.97 Å². The maximum absolute atomic E-state index is 12.2. The zero-order valence-corrected chi connectivity index (χ0v) is 17.1. The quantitative estimate of drug-likeness (QED) is 0.190. The van der Waals surface area contributed by atoms with E-state index in [0.29, 0.717) is 11.3 Å². The Bertz CT molecular complexity index is 1160. The van der Waals surface area contributed by atoms with E-state index in [1.807, 2.05) is 25.1 Å². The van der Waals surface area contributed by atoms with E-state index in [2.05, 4.69) is 10.5 Å². The third kappa shape index (κ3) is 6.49. The Morgan fingerprint density at radius 2 is 1.78 bits per heavy atom. The van der Waals surface area contributed by atoms with Crippen molar-refractivity contribution in [1.29, 1.82) is 0 Å². The maximum atomic E-state index is 12.2. The largest absolute Gasteiger partial charge is 0.484 e. The first kappa shape index (κ1) is 22.2. The van der Waals surface area contributed by atoms with Crippen molar-refractivity contribution in [3.8, 4) is 11.5 Å². The number of hydrogen-bond donors (Lipinski definition) is 1. The molecule has 0 saturated heterocycles. The summed E-state index contributed by atoms with van der Waals surface area (Å²) in [7, 11) is 0. The van der Waals surface area contributed by atoms with Gasteiger partial charge in [-0.3, -0.25) is 14.9 Å². The van der Waals surface area contributed by atoms with Crippen LogP contribution in [0.2, 0.25) is 0 Å². The van der Waals surface area contributed by atoms with E-state index >= 15 is 0 Å². The molecule has 0 aliphatic carbocycles. The van der Waals surface area contributed by atoms with Gasteiger partial charge in [0, 0.05) is 12.1 Å². The SMILES string of the molecule is Cc1cccc(OCC(=O)N/N=C/c2ccc(OC(=O)c3cccc([N+](=O)[O-])c3)cc2)c1. The molecule has 9 heteroatoms. The molecule has 1 N–H and O–H groups in total. The van der Waals surface area contributed by atoms with Gasteiger partial charge in [0.25, 0.3) is 11.6 Å². The number of hydrazone groups is 1. The molecule has 0 aliphatic heterocycles. The van der Waals surface area contributed by atoms with Crippen molar-refractivity contribution in [1.82, 2.24) is 5.43 Å². The molecule has 162 valence electrons. The molecular formula is C23H19N3O6. The molecule has 32 heavy (non-hydrogen) atoms. The van der Waals surface area contributed by atoms with Gasteiger partial charge in [0.05, 0.1) is 16.7 Å². The van der Waals surface area contributed by atoms with Crippen molar-refractivity contribution in [3.63, 3.8) is 0 Å². The molecule has 0 spiro atoms. The lowest BCUT2D eigenvalue weighted by Crippen LogP contribution is -2.24. The Balaban J connectivity index is 1.49. The van der Waals surface area contributed by atoms with Gasteiger partial charge < -0.3 is 9.47 Å². The lowest BCUT2D eigenvalue weighted by Gasteiger charge is -2.06. The Morgan fingerprint density at radius 3 is 2.50 bits per heavy atom. The van der Waals surface area contributed by atoms with Crippen LogP contribution in [0.5, 0.6) is 11.5 Å². The van der Waals surface area contributed by atoms with Crippen molar-refractivity contribution in [2.45, 2.75) is 6.92 Å². The summed E-state index contributed by atoms with van der Waals surface area (Å²) in [6, 6.07) is 19.0. The van der Waals surface area contributed by atoms with Crippen molar-refractivity contribution < 1.29 is 24.0 Å². The molecular weight excluding hydrogens is 414 g/mol. The highest BCUT2D eigenvalue weighted by molar-refractivity contribution is 5.92. The zero-order chi connectivity index (χ0) is 22.9. The first-order valence-electron chi connectivity index (χ1n) is 9.49. The van der Waals surface area contributed by atoms with Crippen LogP contribution in [0.25, 0.3) is 0 Å². The number of hydrogen-bond acceptors (Lipinski definition) is 7. The van der Waals surface area contributed by atoms with Gasteiger partial charge in [-0.2, -0.15) is 5.10 Å². The van der Waals surface area contributed by atoms with Crippen LogP contribution in [0, 0.1) is 17.0 Å². The van der Waals surface area contributed by atoms with Crippen molar-refractivity contribution in [2.75, 3.05) is 6.61 Å². The average Bonchev–Trinajstić information content (AvgIpc) is 2.79.